The van der Waals surface area contributed by atoms with Crippen molar-refractivity contribution in [1.82, 2.24) is 24.5 Å². The monoisotopic (exact) mass is 1680 g/mol. The third kappa shape index (κ3) is 71.0. The Labute approximate surface area is 712 Å². The van der Waals surface area contributed by atoms with E-state index in [0.29, 0.717) is 168 Å². The van der Waals surface area contributed by atoms with Crippen LogP contribution in [0.5, 0.6) is 0 Å². The summed E-state index contributed by atoms with van der Waals surface area (Å²) >= 11 is 0. The number of hydrogen-bond donors (Lipinski definition) is 0. The molecule has 0 radical (unpaired) electrons. The van der Waals surface area contributed by atoms with E-state index in [2.05, 4.69) is 54.2 Å². The highest BCUT2D eigenvalue weighted by molar-refractivity contribution is 5.72. The van der Waals surface area contributed by atoms with Crippen molar-refractivity contribution >= 4 is 59.7 Å². The van der Waals surface area contributed by atoms with Gasteiger partial charge in [0.05, 0.1) is 110 Å². The first-order valence-corrected chi connectivity index (χ1v) is 46.9. The van der Waals surface area contributed by atoms with Crippen LogP contribution in [0.25, 0.3) is 0 Å². The van der Waals surface area contributed by atoms with Crippen LogP contribution in [-0.4, -0.2) is 274 Å². The summed E-state index contributed by atoms with van der Waals surface area (Å²) in [5.41, 5.74) is 0. The van der Waals surface area contributed by atoms with Gasteiger partial charge in [-0.05, 0) is 110 Å². The number of nitrogens with zero attached hydrogens (tertiary/aromatic N) is 5. The van der Waals surface area contributed by atoms with E-state index in [1.54, 1.807) is 0 Å². The van der Waals surface area contributed by atoms with Crippen molar-refractivity contribution in [3.8, 4) is 0 Å². The molecule has 1 saturated heterocycles. The van der Waals surface area contributed by atoms with Gasteiger partial charge in [0.1, 0.15) is 0 Å². The van der Waals surface area contributed by atoms with Crippen LogP contribution in [-0.2, 0) is 105 Å². The second kappa shape index (κ2) is 81.1. The van der Waals surface area contributed by atoms with Gasteiger partial charge in [0.25, 0.3) is 0 Å². The summed E-state index contributed by atoms with van der Waals surface area (Å²) in [6.45, 7) is 25.4. The Morgan fingerprint density at radius 2 is 0.424 bits per heavy atom. The SMILES string of the molecule is CCCCCCCC(=O)OCCCCOC(=O)CCN(CCC(=O)OCCCCOC(=O)CCCCCCC)CC(CN(CCC(=O)OCCCCOC(=O)CCCCCCC)CCN1CCN(CC(CN(CCC(=O)OCCCCOC(=O)CCCCCCC)CCC(=O)OCCCCOC(=O)CCCCCCC)OCC)CC1)OCC. The zero-order chi connectivity index (χ0) is 86.2. The van der Waals surface area contributed by atoms with E-state index in [0.717, 1.165) is 187 Å². The van der Waals surface area contributed by atoms with Gasteiger partial charge in [-0.25, -0.2) is 0 Å². The van der Waals surface area contributed by atoms with Crippen LogP contribution in [0, 0.1) is 0 Å². The zero-order valence-corrected chi connectivity index (χ0v) is 75.3. The summed E-state index contributed by atoms with van der Waals surface area (Å²) in [5.74, 6) is -2.90. The van der Waals surface area contributed by atoms with E-state index in [1.807, 2.05) is 18.7 Å². The molecule has 1 aliphatic heterocycles. The molecule has 0 N–H and O–H groups in total. The average Bonchev–Trinajstić information content (AvgIpc) is 0.883. The smallest absolute Gasteiger partial charge is 0.307 e. The fraction of sp³-hybridized carbons (Fsp3) is 0.890. The largest absolute Gasteiger partial charge is 0.466 e. The van der Waals surface area contributed by atoms with E-state index in [4.69, 9.17) is 56.8 Å². The molecule has 2 unspecified atom stereocenters. The van der Waals surface area contributed by atoms with Gasteiger partial charge in [-0.15, -0.1) is 0 Å². The standard InChI is InChI=1S/C91H167N5O22/c1-8-15-20-25-30-45-82(97)109-66-35-40-71-114-87(102)50-55-93(56-51-88(103)115-72-41-36-67-110-83(98)46-31-26-21-16-9-2)76-80(107-13-6)78-95(59-54-91(106)118-75-44-39-70-113-86(101)49-34-29-24-19-12-5)63-60-92-61-64-96(65-62-92)79-81(108-14-7)77-94(57-52-89(104)116-73-42-37-68-111-84(99)47-32-27-22-17-10-3)58-53-90(105)117-74-43-38-69-112-85(100)48-33-28-23-18-11-4/h80-81H,8-79H2,1-7H3. The molecule has 27 nitrogen and oxygen atoms in total. The molecule has 0 aliphatic carbocycles. The first-order chi connectivity index (χ1) is 57.5. The number of rotatable bonds is 85. The zero-order valence-electron chi connectivity index (χ0n) is 75.3. The summed E-state index contributed by atoms with van der Waals surface area (Å²) in [6, 6.07) is 0. The molecular formula is C91H167N5O22. The van der Waals surface area contributed by atoms with Crippen LogP contribution in [0.2, 0.25) is 0 Å². The normalized spacial score (nSPS) is 13.0. The molecule has 1 fully saturated rings. The van der Waals surface area contributed by atoms with E-state index in [1.165, 1.54) is 0 Å². The second-order valence-electron chi connectivity index (χ2n) is 31.5. The summed E-state index contributed by atoms with van der Waals surface area (Å²) in [7, 11) is 0. The van der Waals surface area contributed by atoms with Crippen LogP contribution in [0.3, 0.4) is 0 Å². The minimum atomic E-state index is -0.416. The number of piperazine rings is 1. The maximum atomic E-state index is 13.5. The highest BCUT2D eigenvalue weighted by atomic mass is 16.6. The van der Waals surface area contributed by atoms with Crippen LogP contribution in [0.1, 0.15) is 337 Å². The lowest BCUT2D eigenvalue weighted by Gasteiger charge is -2.38. The first kappa shape index (κ1) is 110. The molecule has 2 atom stereocenters. The van der Waals surface area contributed by atoms with Crippen molar-refractivity contribution in [2.24, 2.45) is 0 Å². The second-order valence-corrected chi connectivity index (χ2v) is 31.5. The van der Waals surface area contributed by atoms with Crippen molar-refractivity contribution in [2.45, 2.75) is 350 Å². The van der Waals surface area contributed by atoms with Gasteiger partial charge in [0.15, 0.2) is 0 Å². The maximum absolute atomic E-state index is 13.5. The molecule has 1 rings (SSSR count). The van der Waals surface area contributed by atoms with Crippen molar-refractivity contribution in [2.75, 3.05) is 177 Å². The van der Waals surface area contributed by atoms with Gasteiger partial charge in [-0.3, -0.25) is 72.4 Å². The number of ether oxygens (including phenoxy) is 12. The third-order valence-electron chi connectivity index (χ3n) is 20.8. The molecule has 0 aromatic heterocycles. The number of esters is 10. The maximum Gasteiger partial charge on any atom is 0.307 e. The quantitative estimate of drug-likeness (QED) is 0.0310. The fourth-order valence-corrected chi connectivity index (χ4v) is 13.5. The Hall–Kier alpha value is -5.58. The molecule has 0 amide bonds. The number of unbranched alkanes of at least 4 members (excludes halogenated alkanes) is 25. The van der Waals surface area contributed by atoms with Gasteiger partial charge >= 0.3 is 59.7 Å². The molecular weight excluding hydrogens is 1520 g/mol. The molecule has 0 spiro atoms. The van der Waals surface area contributed by atoms with E-state index < -0.39 is 18.0 Å². The Morgan fingerprint density at radius 1 is 0.229 bits per heavy atom. The lowest BCUT2D eigenvalue weighted by Crippen LogP contribution is -2.52. The predicted molar refractivity (Wildman–Crippen MR) is 459 cm³/mol. The molecule has 0 bridgehead atoms. The summed E-state index contributed by atoms with van der Waals surface area (Å²) in [4.78, 5) is 139. The minimum Gasteiger partial charge on any atom is -0.466 e. The molecule has 0 aromatic rings. The molecule has 688 valence electrons. The van der Waals surface area contributed by atoms with Gasteiger partial charge in [0.2, 0.25) is 0 Å². The van der Waals surface area contributed by atoms with Crippen LogP contribution >= 0.6 is 0 Å². The van der Waals surface area contributed by atoms with Gasteiger partial charge in [-0.2, -0.15) is 0 Å². The fourth-order valence-electron chi connectivity index (χ4n) is 13.5. The van der Waals surface area contributed by atoms with E-state index in [9.17, 15) is 47.9 Å². The Morgan fingerprint density at radius 3 is 0.653 bits per heavy atom. The lowest BCUT2D eigenvalue weighted by molar-refractivity contribution is -0.147. The van der Waals surface area contributed by atoms with Gasteiger partial charge < -0.3 is 56.8 Å². The van der Waals surface area contributed by atoms with Crippen molar-refractivity contribution in [3.05, 3.63) is 0 Å². The number of carbonyl (C=O) groups excluding carboxylic acids is 10. The highest BCUT2D eigenvalue weighted by Gasteiger charge is 2.27. The topological polar surface area (TPSA) is 298 Å². The number of hydrogen-bond acceptors (Lipinski definition) is 27. The third-order valence-corrected chi connectivity index (χ3v) is 20.8. The molecule has 27 heteroatoms. The first-order valence-electron chi connectivity index (χ1n) is 46.9. The molecule has 1 heterocycles. The van der Waals surface area contributed by atoms with Crippen molar-refractivity contribution in [3.63, 3.8) is 0 Å². The summed E-state index contributed by atoms with van der Waals surface area (Å²) in [5, 5.41) is 0. The molecule has 0 saturated carbocycles. The average molecular weight is 1680 g/mol. The van der Waals surface area contributed by atoms with E-state index >= 15 is 0 Å². The Kier molecular flexibility index (Phi) is 75.9. The minimum absolute atomic E-state index is 0.0461. The van der Waals surface area contributed by atoms with Crippen LogP contribution in [0.15, 0.2) is 0 Å². The summed E-state index contributed by atoms with van der Waals surface area (Å²) < 4.78 is 68.3. The highest BCUT2D eigenvalue weighted by Crippen LogP contribution is 2.16. The Balaban J connectivity index is 3.28. The van der Waals surface area contributed by atoms with Gasteiger partial charge in [-0.1, -0.05) is 163 Å². The van der Waals surface area contributed by atoms with Crippen molar-refractivity contribution in [1.29, 1.82) is 0 Å². The van der Waals surface area contributed by atoms with E-state index in [-0.39, 0.29) is 165 Å². The Bertz CT molecular complexity index is 2390. The van der Waals surface area contributed by atoms with Crippen LogP contribution < -0.4 is 0 Å². The molecule has 0 aromatic carbocycles. The lowest BCUT2D eigenvalue weighted by atomic mass is 10.1. The molecule has 118 heavy (non-hydrogen) atoms. The molecule has 1 aliphatic rings. The number of carbonyl (C=O) groups is 10. The van der Waals surface area contributed by atoms with Gasteiger partial charge in [0, 0.05) is 143 Å². The van der Waals surface area contributed by atoms with Crippen molar-refractivity contribution < 1.29 is 105 Å². The van der Waals surface area contributed by atoms with Crippen LogP contribution in [0.4, 0.5) is 0 Å². The summed E-state index contributed by atoms with van der Waals surface area (Å²) in [6.07, 6.45) is 33.4. The predicted octanol–water partition coefficient (Wildman–Crippen LogP) is 15.4.